The maximum atomic E-state index is 12.0. The maximum absolute atomic E-state index is 12.0. The van der Waals surface area contributed by atoms with E-state index in [4.69, 9.17) is 4.74 Å². The fourth-order valence-electron chi connectivity index (χ4n) is 2.16. The van der Waals surface area contributed by atoms with Crippen molar-refractivity contribution in [2.45, 2.75) is 25.9 Å². The molecule has 1 aromatic carbocycles. The van der Waals surface area contributed by atoms with Crippen LogP contribution in [0.15, 0.2) is 24.3 Å². The van der Waals surface area contributed by atoms with E-state index >= 15 is 0 Å². The van der Waals surface area contributed by atoms with Gasteiger partial charge in [0.15, 0.2) is 6.10 Å². The first kappa shape index (κ1) is 18.0. The predicted octanol–water partition coefficient (Wildman–Crippen LogP) is 0.614. The number of non-ortho nitro benzene ring substituents is 1. The maximum Gasteiger partial charge on any atom is 0.326 e. The number of nitro benzene ring substituents is 1. The second-order valence-electron chi connectivity index (χ2n) is 5.30. The quantitative estimate of drug-likeness (QED) is 0.344. The third kappa shape index (κ3) is 4.59. The van der Waals surface area contributed by atoms with Gasteiger partial charge in [0, 0.05) is 30.7 Å². The summed E-state index contributed by atoms with van der Waals surface area (Å²) in [5.41, 5.74) is -0.0273. The molecule has 1 unspecified atom stereocenters. The van der Waals surface area contributed by atoms with E-state index in [1.807, 2.05) is 0 Å². The molecular weight excluding hydrogens is 334 g/mol. The average Bonchev–Trinajstić information content (AvgIpc) is 2.86. The van der Waals surface area contributed by atoms with Crippen molar-refractivity contribution in [3.8, 4) is 0 Å². The third-order valence-corrected chi connectivity index (χ3v) is 3.44. The number of hydrogen-bond acceptors (Lipinski definition) is 7. The van der Waals surface area contributed by atoms with Crippen molar-refractivity contribution < 1.29 is 28.8 Å². The van der Waals surface area contributed by atoms with Gasteiger partial charge in [0.25, 0.3) is 11.6 Å². The topological polar surface area (TPSA) is 136 Å². The fourth-order valence-corrected chi connectivity index (χ4v) is 2.16. The second-order valence-corrected chi connectivity index (χ2v) is 5.30. The minimum Gasteiger partial charge on any atom is -0.451 e. The summed E-state index contributed by atoms with van der Waals surface area (Å²) in [5.74, 6) is -2.52. The summed E-state index contributed by atoms with van der Waals surface area (Å²) in [7, 11) is 0. The molecule has 1 saturated heterocycles. The SMILES string of the molecule is CC(OC(=O)CN1C(=O)CCC1=O)C(=O)Nc1cccc([N+](=O)[O-])c1. The average molecular weight is 349 g/mol. The van der Waals surface area contributed by atoms with Crippen LogP contribution in [-0.2, 0) is 23.9 Å². The van der Waals surface area contributed by atoms with Crippen LogP contribution in [0.4, 0.5) is 11.4 Å². The Balaban J connectivity index is 1.90. The highest BCUT2D eigenvalue weighted by molar-refractivity contribution is 6.04. The minimum absolute atomic E-state index is 0.0505. The van der Waals surface area contributed by atoms with Gasteiger partial charge in [0.05, 0.1) is 4.92 Å². The van der Waals surface area contributed by atoms with Gasteiger partial charge in [-0.2, -0.15) is 0 Å². The van der Waals surface area contributed by atoms with Crippen LogP contribution in [0.1, 0.15) is 19.8 Å². The number of hydrogen-bond donors (Lipinski definition) is 1. The van der Waals surface area contributed by atoms with Crippen LogP contribution in [0.25, 0.3) is 0 Å². The fraction of sp³-hybridized carbons (Fsp3) is 0.333. The molecule has 1 aliphatic rings. The Kier molecular flexibility index (Phi) is 5.42. The number of esters is 1. The standard InChI is InChI=1S/C15H15N3O7/c1-9(25-14(21)8-17-12(19)5-6-13(17)20)15(22)16-10-3-2-4-11(7-10)18(23)24/h2-4,7,9H,5-6,8H2,1H3,(H,16,22). The lowest BCUT2D eigenvalue weighted by molar-refractivity contribution is -0.384. The first-order chi connectivity index (χ1) is 11.8. The Hall–Kier alpha value is -3.30. The van der Waals surface area contributed by atoms with E-state index in [0.29, 0.717) is 0 Å². The molecular formula is C15H15N3O7. The Morgan fingerprint density at radius 2 is 1.96 bits per heavy atom. The number of likely N-dealkylation sites (tertiary alicyclic amines) is 1. The normalized spacial score (nSPS) is 15.0. The first-order valence-corrected chi connectivity index (χ1v) is 7.36. The molecule has 3 amide bonds. The molecule has 132 valence electrons. The van der Waals surface area contributed by atoms with Crippen molar-refractivity contribution in [3.63, 3.8) is 0 Å². The number of rotatable bonds is 6. The number of nitrogens with one attached hydrogen (secondary N) is 1. The van der Waals surface area contributed by atoms with Crippen molar-refractivity contribution in [1.29, 1.82) is 0 Å². The van der Waals surface area contributed by atoms with Crippen molar-refractivity contribution >= 4 is 35.1 Å². The molecule has 25 heavy (non-hydrogen) atoms. The summed E-state index contributed by atoms with van der Waals surface area (Å²) in [6.45, 7) is 0.754. The largest absolute Gasteiger partial charge is 0.451 e. The Labute approximate surface area is 141 Å². The molecule has 0 aliphatic carbocycles. The van der Waals surface area contributed by atoms with E-state index in [1.165, 1.54) is 25.1 Å². The molecule has 10 nitrogen and oxygen atoms in total. The van der Waals surface area contributed by atoms with Gasteiger partial charge in [-0.05, 0) is 13.0 Å². The van der Waals surface area contributed by atoms with Crippen LogP contribution in [-0.4, -0.2) is 46.2 Å². The van der Waals surface area contributed by atoms with E-state index in [1.54, 1.807) is 0 Å². The highest BCUT2D eigenvalue weighted by Crippen LogP contribution is 2.17. The molecule has 1 aliphatic heterocycles. The monoisotopic (exact) mass is 349 g/mol. The van der Waals surface area contributed by atoms with Gasteiger partial charge >= 0.3 is 5.97 Å². The zero-order chi connectivity index (χ0) is 18.6. The van der Waals surface area contributed by atoms with E-state index in [9.17, 15) is 29.3 Å². The third-order valence-electron chi connectivity index (χ3n) is 3.44. The lowest BCUT2D eigenvalue weighted by atomic mass is 10.2. The number of ether oxygens (including phenoxy) is 1. The molecule has 0 spiro atoms. The first-order valence-electron chi connectivity index (χ1n) is 7.36. The molecule has 1 N–H and O–H groups in total. The van der Waals surface area contributed by atoms with Crippen LogP contribution < -0.4 is 5.32 Å². The van der Waals surface area contributed by atoms with Gasteiger partial charge in [-0.3, -0.25) is 34.2 Å². The number of carbonyl (C=O) groups is 4. The molecule has 0 aromatic heterocycles. The summed E-state index contributed by atoms with van der Waals surface area (Å²) >= 11 is 0. The van der Waals surface area contributed by atoms with E-state index in [0.717, 1.165) is 11.0 Å². The molecule has 1 aromatic rings. The highest BCUT2D eigenvalue weighted by atomic mass is 16.6. The molecule has 10 heteroatoms. The number of anilines is 1. The van der Waals surface area contributed by atoms with Crippen LogP contribution in [0.2, 0.25) is 0 Å². The lowest BCUT2D eigenvalue weighted by Crippen LogP contribution is -2.38. The second kappa shape index (κ2) is 7.51. The molecule has 0 bridgehead atoms. The van der Waals surface area contributed by atoms with Crippen molar-refractivity contribution in [2.75, 3.05) is 11.9 Å². The number of amides is 3. The van der Waals surface area contributed by atoms with E-state index in [-0.39, 0.29) is 24.2 Å². The molecule has 1 fully saturated rings. The predicted molar refractivity (Wildman–Crippen MR) is 83.2 cm³/mol. The smallest absolute Gasteiger partial charge is 0.326 e. The van der Waals surface area contributed by atoms with Crippen LogP contribution in [0.5, 0.6) is 0 Å². The number of carbonyl (C=O) groups excluding carboxylic acids is 4. The van der Waals surface area contributed by atoms with Gasteiger partial charge in [-0.15, -0.1) is 0 Å². The van der Waals surface area contributed by atoms with E-state index in [2.05, 4.69) is 5.32 Å². The molecule has 1 atom stereocenters. The van der Waals surface area contributed by atoms with Crippen molar-refractivity contribution in [3.05, 3.63) is 34.4 Å². The molecule has 1 heterocycles. The van der Waals surface area contributed by atoms with Crippen LogP contribution >= 0.6 is 0 Å². The summed E-state index contributed by atoms with van der Waals surface area (Å²) in [4.78, 5) is 57.5. The number of nitro groups is 1. The summed E-state index contributed by atoms with van der Waals surface area (Å²) < 4.78 is 4.89. The van der Waals surface area contributed by atoms with Crippen LogP contribution in [0, 0.1) is 10.1 Å². The van der Waals surface area contributed by atoms with E-state index < -0.39 is 41.3 Å². The number of imide groups is 1. The number of nitrogens with zero attached hydrogens (tertiary/aromatic N) is 2. The van der Waals surface area contributed by atoms with Gasteiger partial charge in [-0.25, -0.2) is 0 Å². The van der Waals surface area contributed by atoms with Gasteiger partial charge in [0.1, 0.15) is 6.54 Å². The Bertz CT molecular complexity index is 730. The Morgan fingerprint density at radius 1 is 1.32 bits per heavy atom. The molecule has 2 rings (SSSR count). The lowest BCUT2D eigenvalue weighted by Gasteiger charge is -2.16. The minimum atomic E-state index is -1.21. The molecule has 0 saturated carbocycles. The summed E-state index contributed by atoms with van der Waals surface area (Å²) in [6.07, 6.45) is -1.11. The number of benzene rings is 1. The van der Waals surface area contributed by atoms with Crippen LogP contribution in [0.3, 0.4) is 0 Å². The Morgan fingerprint density at radius 3 is 2.56 bits per heavy atom. The van der Waals surface area contributed by atoms with Gasteiger partial charge in [0.2, 0.25) is 11.8 Å². The zero-order valence-electron chi connectivity index (χ0n) is 13.3. The van der Waals surface area contributed by atoms with Crippen molar-refractivity contribution in [1.82, 2.24) is 4.90 Å². The highest BCUT2D eigenvalue weighted by Gasteiger charge is 2.31. The van der Waals surface area contributed by atoms with Crippen molar-refractivity contribution in [2.24, 2.45) is 0 Å². The summed E-state index contributed by atoms with van der Waals surface area (Å²) in [6, 6.07) is 5.27. The van der Waals surface area contributed by atoms with Gasteiger partial charge in [-0.1, -0.05) is 6.07 Å². The molecule has 0 radical (unpaired) electrons. The summed E-state index contributed by atoms with van der Waals surface area (Å²) in [5, 5.41) is 13.1. The van der Waals surface area contributed by atoms with Gasteiger partial charge < -0.3 is 10.1 Å². The zero-order valence-corrected chi connectivity index (χ0v) is 13.3.